The van der Waals surface area contributed by atoms with E-state index in [1.54, 1.807) is 0 Å². The van der Waals surface area contributed by atoms with Gasteiger partial charge in [0.2, 0.25) is 5.91 Å². The van der Waals surface area contributed by atoms with Crippen molar-refractivity contribution in [2.24, 2.45) is 5.92 Å². The van der Waals surface area contributed by atoms with Crippen LogP contribution in [-0.2, 0) is 9.59 Å². The zero-order chi connectivity index (χ0) is 18.7. The number of aryl methyl sites for hydroxylation is 2. The maximum Gasteiger partial charge on any atom is 0.253 e. The van der Waals surface area contributed by atoms with Crippen LogP contribution in [0.15, 0.2) is 48.5 Å². The summed E-state index contributed by atoms with van der Waals surface area (Å²) in [6, 6.07) is 15.6. The first kappa shape index (κ1) is 16.7. The molecule has 2 aromatic carbocycles. The summed E-state index contributed by atoms with van der Waals surface area (Å²) in [4.78, 5) is 28.1. The van der Waals surface area contributed by atoms with Crippen LogP contribution in [0, 0.1) is 19.8 Å². The first-order valence-electron chi connectivity index (χ1n) is 9.60. The van der Waals surface area contributed by atoms with E-state index >= 15 is 0 Å². The van der Waals surface area contributed by atoms with Gasteiger partial charge >= 0.3 is 0 Å². The molecular weight excluding hydrogens is 338 g/mol. The molecule has 138 valence electrons. The van der Waals surface area contributed by atoms with E-state index in [1.807, 2.05) is 31.2 Å². The molecule has 3 heterocycles. The molecule has 0 spiro atoms. The van der Waals surface area contributed by atoms with E-state index in [9.17, 15) is 9.59 Å². The van der Waals surface area contributed by atoms with Crippen molar-refractivity contribution < 1.29 is 9.59 Å². The fourth-order valence-corrected chi connectivity index (χ4v) is 4.83. The van der Waals surface area contributed by atoms with Crippen LogP contribution in [0.1, 0.15) is 29.2 Å². The Balaban J connectivity index is 1.57. The van der Waals surface area contributed by atoms with Crippen molar-refractivity contribution in [3.63, 3.8) is 0 Å². The lowest BCUT2D eigenvalue weighted by Gasteiger charge is -2.29. The fourth-order valence-electron chi connectivity index (χ4n) is 4.83. The zero-order valence-electron chi connectivity index (χ0n) is 15.6. The Labute approximate surface area is 159 Å². The molecule has 0 radical (unpaired) electrons. The van der Waals surface area contributed by atoms with Crippen molar-refractivity contribution in [1.82, 2.24) is 10.0 Å². The number of fused-ring (bicyclic) bond motifs is 3. The SMILES string of the molecule is Cc1ccc([C@@H]2[C@@H]3C(=O)N(c4ccc(C)cc4)C(=O)[C@@H]3N3CCCN23)cc1. The molecule has 0 saturated carbocycles. The van der Waals surface area contributed by atoms with Gasteiger partial charge in [0.05, 0.1) is 17.6 Å². The summed E-state index contributed by atoms with van der Waals surface area (Å²) in [7, 11) is 0. The number of amides is 2. The predicted molar refractivity (Wildman–Crippen MR) is 103 cm³/mol. The second kappa shape index (κ2) is 6.01. The van der Waals surface area contributed by atoms with Gasteiger partial charge in [-0.15, -0.1) is 0 Å². The average molecular weight is 361 g/mol. The van der Waals surface area contributed by atoms with Gasteiger partial charge in [0.1, 0.15) is 6.04 Å². The van der Waals surface area contributed by atoms with Gasteiger partial charge < -0.3 is 0 Å². The third-order valence-electron chi connectivity index (χ3n) is 6.12. The number of hydrogen-bond donors (Lipinski definition) is 0. The number of anilines is 1. The minimum Gasteiger partial charge on any atom is -0.274 e. The minimum atomic E-state index is -0.382. The summed E-state index contributed by atoms with van der Waals surface area (Å²) in [5.74, 6) is -0.508. The number of nitrogens with zero attached hydrogens (tertiary/aromatic N) is 3. The number of hydrogen-bond acceptors (Lipinski definition) is 4. The smallest absolute Gasteiger partial charge is 0.253 e. The van der Waals surface area contributed by atoms with E-state index < -0.39 is 0 Å². The highest BCUT2D eigenvalue weighted by Crippen LogP contribution is 2.48. The number of hydrazine groups is 1. The topological polar surface area (TPSA) is 43.9 Å². The van der Waals surface area contributed by atoms with Crippen LogP contribution in [0.25, 0.3) is 0 Å². The monoisotopic (exact) mass is 361 g/mol. The summed E-state index contributed by atoms with van der Waals surface area (Å²) in [6.07, 6.45) is 1.03. The van der Waals surface area contributed by atoms with Gasteiger partial charge in [0.25, 0.3) is 5.91 Å². The van der Waals surface area contributed by atoms with Gasteiger partial charge in [0, 0.05) is 13.1 Å². The van der Waals surface area contributed by atoms with Crippen LogP contribution >= 0.6 is 0 Å². The summed E-state index contributed by atoms with van der Waals surface area (Å²) >= 11 is 0. The molecule has 0 bridgehead atoms. The molecule has 2 aromatic rings. The van der Waals surface area contributed by atoms with Crippen LogP contribution in [0.5, 0.6) is 0 Å². The maximum absolute atomic E-state index is 13.4. The lowest BCUT2D eigenvalue weighted by atomic mass is 9.89. The molecule has 3 saturated heterocycles. The Morgan fingerprint density at radius 1 is 0.741 bits per heavy atom. The number of benzene rings is 2. The lowest BCUT2D eigenvalue weighted by Crippen LogP contribution is -2.44. The highest BCUT2D eigenvalue weighted by molar-refractivity contribution is 6.24. The van der Waals surface area contributed by atoms with Crippen LogP contribution in [0.2, 0.25) is 0 Å². The Morgan fingerprint density at radius 3 is 1.93 bits per heavy atom. The summed E-state index contributed by atoms with van der Waals surface area (Å²) in [6.45, 7) is 5.80. The van der Waals surface area contributed by atoms with Gasteiger partial charge in [0.15, 0.2) is 0 Å². The van der Waals surface area contributed by atoms with E-state index in [0.29, 0.717) is 5.69 Å². The largest absolute Gasteiger partial charge is 0.274 e. The highest BCUT2D eigenvalue weighted by atomic mass is 16.2. The van der Waals surface area contributed by atoms with Crippen molar-refractivity contribution >= 4 is 17.5 Å². The second-order valence-corrected chi connectivity index (χ2v) is 7.85. The summed E-state index contributed by atoms with van der Waals surface area (Å²) < 4.78 is 0. The van der Waals surface area contributed by atoms with Crippen LogP contribution < -0.4 is 4.90 Å². The quantitative estimate of drug-likeness (QED) is 0.772. The Bertz CT molecular complexity index is 906. The van der Waals surface area contributed by atoms with E-state index in [0.717, 1.165) is 30.6 Å². The first-order chi connectivity index (χ1) is 13.1. The van der Waals surface area contributed by atoms with Crippen LogP contribution in [-0.4, -0.2) is 41.0 Å². The summed E-state index contributed by atoms with van der Waals surface area (Å²) in [5, 5.41) is 4.39. The molecule has 5 heteroatoms. The zero-order valence-corrected chi connectivity index (χ0v) is 15.6. The lowest BCUT2D eigenvalue weighted by molar-refractivity contribution is -0.126. The normalized spacial score (nSPS) is 28.1. The fraction of sp³-hybridized carbons (Fsp3) is 0.364. The third kappa shape index (κ3) is 2.38. The molecule has 0 aliphatic carbocycles. The van der Waals surface area contributed by atoms with Gasteiger partial charge in [-0.1, -0.05) is 47.5 Å². The third-order valence-corrected chi connectivity index (χ3v) is 6.12. The molecular formula is C22H23N3O2. The molecule has 3 aliphatic heterocycles. The molecule has 2 amide bonds. The van der Waals surface area contributed by atoms with Gasteiger partial charge in [-0.3, -0.25) is 9.59 Å². The van der Waals surface area contributed by atoms with E-state index in [1.165, 1.54) is 10.5 Å². The Hall–Kier alpha value is -2.50. The molecule has 5 rings (SSSR count). The van der Waals surface area contributed by atoms with Crippen molar-refractivity contribution in [2.45, 2.75) is 32.4 Å². The molecule has 3 fully saturated rings. The molecule has 0 aromatic heterocycles. The van der Waals surface area contributed by atoms with Crippen molar-refractivity contribution in [2.75, 3.05) is 18.0 Å². The molecule has 0 unspecified atom stereocenters. The first-order valence-corrected chi connectivity index (χ1v) is 9.60. The summed E-state index contributed by atoms with van der Waals surface area (Å²) in [5.41, 5.74) is 4.10. The molecule has 3 aliphatic rings. The number of carbonyl (C=O) groups excluding carboxylic acids is 2. The molecule has 5 nitrogen and oxygen atoms in total. The highest BCUT2D eigenvalue weighted by Gasteiger charge is 2.62. The number of carbonyl (C=O) groups is 2. The number of rotatable bonds is 2. The molecule has 27 heavy (non-hydrogen) atoms. The van der Waals surface area contributed by atoms with E-state index in [2.05, 4.69) is 41.2 Å². The molecule has 3 atom stereocenters. The second-order valence-electron chi connectivity index (χ2n) is 7.85. The predicted octanol–water partition coefficient (Wildman–Crippen LogP) is 2.84. The van der Waals surface area contributed by atoms with Gasteiger partial charge in [-0.05, 0) is 38.0 Å². The van der Waals surface area contributed by atoms with Crippen molar-refractivity contribution in [3.05, 3.63) is 65.2 Å². The Kier molecular flexibility index (Phi) is 3.71. The minimum absolute atomic E-state index is 0.0648. The van der Waals surface area contributed by atoms with Crippen LogP contribution in [0.4, 0.5) is 5.69 Å². The average Bonchev–Trinajstić information content (AvgIpc) is 3.30. The number of imide groups is 1. The molecule has 0 N–H and O–H groups in total. The standard InChI is InChI=1S/C22H23N3O2/c1-14-4-8-16(9-5-14)19-18-20(24-13-3-12-23(19)24)22(27)25(21(18)26)17-10-6-15(2)7-11-17/h4-11,18-20H,3,12-13H2,1-2H3/t18-,19+,20+/m0/s1. The van der Waals surface area contributed by atoms with Crippen LogP contribution in [0.3, 0.4) is 0 Å². The van der Waals surface area contributed by atoms with Gasteiger partial charge in [-0.25, -0.2) is 14.9 Å². The van der Waals surface area contributed by atoms with E-state index in [4.69, 9.17) is 0 Å². The van der Waals surface area contributed by atoms with E-state index in [-0.39, 0.29) is 29.8 Å². The van der Waals surface area contributed by atoms with Gasteiger partial charge in [-0.2, -0.15) is 0 Å². The Morgan fingerprint density at radius 2 is 1.30 bits per heavy atom. The maximum atomic E-state index is 13.4. The van der Waals surface area contributed by atoms with Crippen molar-refractivity contribution in [3.8, 4) is 0 Å². The van der Waals surface area contributed by atoms with Crippen molar-refractivity contribution in [1.29, 1.82) is 0 Å².